The molecule has 0 spiro atoms. The maximum Gasteiger partial charge on any atom is 0.498 e. The maximum atomic E-state index is 10.7. The number of hydrogen-bond donors (Lipinski definition) is 2. The van der Waals surface area contributed by atoms with Gasteiger partial charge in [0.1, 0.15) is 12.4 Å². The standard InChI is InChI=1S/C25H30BN3O5/c1-24(2)25(3,4)34-26(33-24)21-14-28-29(16-21)15-19-8-5-9-20(11-19)17-32-22-10-6-7-18(12-22)13-27-23(30)31/h5-12,14,16,27H,13,15,17H2,1-4H3,(H,30,31). The topological polar surface area (TPSA) is 94.8 Å². The molecule has 0 unspecified atom stereocenters. The fraction of sp³-hybridized carbons (Fsp3) is 0.360. The highest BCUT2D eigenvalue weighted by atomic mass is 16.7. The third kappa shape index (κ3) is 5.60. The van der Waals surface area contributed by atoms with E-state index in [9.17, 15) is 4.79 Å². The van der Waals surface area contributed by atoms with Crippen LogP contribution in [-0.4, -0.2) is 39.3 Å². The molecule has 2 heterocycles. The number of rotatable bonds is 8. The van der Waals surface area contributed by atoms with Crippen molar-refractivity contribution in [2.24, 2.45) is 0 Å². The lowest BCUT2D eigenvalue weighted by Crippen LogP contribution is -2.41. The van der Waals surface area contributed by atoms with E-state index < -0.39 is 13.2 Å². The van der Waals surface area contributed by atoms with Crippen LogP contribution in [0.1, 0.15) is 44.4 Å². The van der Waals surface area contributed by atoms with Gasteiger partial charge in [-0.15, -0.1) is 0 Å². The van der Waals surface area contributed by atoms with Gasteiger partial charge in [-0.2, -0.15) is 5.10 Å². The van der Waals surface area contributed by atoms with Gasteiger partial charge in [0, 0.05) is 24.4 Å². The summed E-state index contributed by atoms with van der Waals surface area (Å²) >= 11 is 0. The summed E-state index contributed by atoms with van der Waals surface area (Å²) in [5.41, 5.74) is 3.09. The molecule has 2 aromatic carbocycles. The third-order valence-electron chi connectivity index (χ3n) is 6.26. The summed E-state index contributed by atoms with van der Waals surface area (Å²) in [7, 11) is -0.431. The molecule has 34 heavy (non-hydrogen) atoms. The molecule has 1 fully saturated rings. The Balaban J connectivity index is 1.36. The van der Waals surface area contributed by atoms with Crippen molar-refractivity contribution in [1.82, 2.24) is 15.1 Å². The van der Waals surface area contributed by atoms with Gasteiger partial charge in [-0.05, 0) is 56.5 Å². The molecular formula is C25H30BN3O5. The van der Waals surface area contributed by atoms with E-state index in [2.05, 4.69) is 22.5 Å². The van der Waals surface area contributed by atoms with Crippen LogP contribution in [0.2, 0.25) is 0 Å². The van der Waals surface area contributed by atoms with Crippen molar-refractivity contribution >= 4 is 18.7 Å². The first-order valence-corrected chi connectivity index (χ1v) is 11.3. The molecule has 1 saturated heterocycles. The van der Waals surface area contributed by atoms with Gasteiger partial charge in [-0.25, -0.2) is 4.79 Å². The number of carbonyl (C=O) groups is 1. The Morgan fingerprint density at radius 3 is 2.47 bits per heavy atom. The van der Waals surface area contributed by atoms with Crippen molar-refractivity contribution in [1.29, 1.82) is 0 Å². The molecular weight excluding hydrogens is 433 g/mol. The number of nitrogens with one attached hydrogen (secondary N) is 1. The zero-order chi connectivity index (χ0) is 24.3. The number of ether oxygens (including phenoxy) is 1. The van der Waals surface area contributed by atoms with Crippen LogP contribution in [0.15, 0.2) is 60.9 Å². The summed E-state index contributed by atoms with van der Waals surface area (Å²) in [6, 6.07) is 15.5. The molecule has 4 rings (SSSR count). The third-order valence-corrected chi connectivity index (χ3v) is 6.26. The largest absolute Gasteiger partial charge is 0.498 e. The Bertz CT molecular complexity index is 1140. The lowest BCUT2D eigenvalue weighted by molar-refractivity contribution is 0.00578. The van der Waals surface area contributed by atoms with E-state index in [1.54, 1.807) is 6.20 Å². The number of amides is 1. The minimum Gasteiger partial charge on any atom is -0.489 e. The monoisotopic (exact) mass is 463 g/mol. The van der Waals surface area contributed by atoms with Crippen LogP contribution in [0, 0.1) is 0 Å². The van der Waals surface area contributed by atoms with Gasteiger partial charge in [0.05, 0.1) is 17.7 Å². The number of nitrogens with zero attached hydrogens (tertiary/aromatic N) is 2. The van der Waals surface area contributed by atoms with E-state index in [1.807, 2.05) is 75.0 Å². The van der Waals surface area contributed by atoms with E-state index in [4.69, 9.17) is 19.2 Å². The second kappa shape index (κ2) is 9.52. The first kappa shape index (κ1) is 23.8. The molecule has 0 radical (unpaired) electrons. The zero-order valence-electron chi connectivity index (χ0n) is 19.9. The van der Waals surface area contributed by atoms with Gasteiger partial charge in [0.2, 0.25) is 0 Å². The van der Waals surface area contributed by atoms with Crippen molar-refractivity contribution in [2.75, 3.05) is 0 Å². The number of carboxylic acid groups (broad SMARTS) is 1. The van der Waals surface area contributed by atoms with Crippen LogP contribution in [0.25, 0.3) is 0 Å². The highest BCUT2D eigenvalue weighted by Crippen LogP contribution is 2.36. The molecule has 1 aliphatic rings. The molecule has 8 nitrogen and oxygen atoms in total. The van der Waals surface area contributed by atoms with Gasteiger partial charge < -0.3 is 24.5 Å². The molecule has 0 bridgehead atoms. The minimum absolute atomic E-state index is 0.236. The van der Waals surface area contributed by atoms with Crippen LogP contribution in [0.5, 0.6) is 5.75 Å². The fourth-order valence-corrected chi connectivity index (χ4v) is 3.66. The first-order chi connectivity index (χ1) is 16.1. The smallest absolute Gasteiger partial charge is 0.489 e. The van der Waals surface area contributed by atoms with E-state index in [0.717, 1.165) is 22.2 Å². The number of aromatic nitrogens is 2. The second-order valence-corrected chi connectivity index (χ2v) is 9.47. The second-order valence-electron chi connectivity index (χ2n) is 9.47. The summed E-state index contributed by atoms with van der Waals surface area (Å²) < 4.78 is 20.0. The van der Waals surface area contributed by atoms with Crippen molar-refractivity contribution in [3.63, 3.8) is 0 Å². The molecule has 2 N–H and O–H groups in total. The molecule has 1 amide bonds. The molecule has 1 aromatic heterocycles. The molecule has 1 aliphatic heterocycles. The summed E-state index contributed by atoms with van der Waals surface area (Å²) in [6.07, 6.45) is 2.70. The van der Waals surface area contributed by atoms with Crippen LogP contribution < -0.4 is 15.5 Å². The highest BCUT2D eigenvalue weighted by molar-refractivity contribution is 6.62. The zero-order valence-corrected chi connectivity index (χ0v) is 19.9. The van der Waals surface area contributed by atoms with Crippen molar-refractivity contribution < 1.29 is 23.9 Å². The Hall–Kier alpha value is -3.30. The summed E-state index contributed by atoms with van der Waals surface area (Å²) in [6.45, 7) is 9.40. The normalized spacial score (nSPS) is 16.4. The average Bonchev–Trinajstić information content (AvgIpc) is 3.32. The predicted octanol–water partition coefficient (Wildman–Crippen LogP) is 3.58. The van der Waals surface area contributed by atoms with Crippen molar-refractivity contribution in [3.05, 3.63) is 77.6 Å². The van der Waals surface area contributed by atoms with E-state index in [-0.39, 0.29) is 17.7 Å². The SMILES string of the molecule is CC1(C)OB(c2cnn(Cc3cccc(COc4cccc(CNC(=O)O)c4)c3)c2)OC1(C)C. The van der Waals surface area contributed by atoms with Crippen molar-refractivity contribution in [2.45, 2.75) is 58.6 Å². The van der Waals surface area contributed by atoms with Crippen molar-refractivity contribution in [3.8, 4) is 5.75 Å². The number of hydrogen-bond acceptors (Lipinski definition) is 5. The van der Waals surface area contributed by atoms with Crippen LogP contribution in [0.3, 0.4) is 0 Å². The lowest BCUT2D eigenvalue weighted by atomic mass is 9.82. The lowest BCUT2D eigenvalue weighted by Gasteiger charge is -2.32. The first-order valence-electron chi connectivity index (χ1n) is 11.3. The molecule has 0 aliphatic carbocycles. The van der Waals surface area contributed by atoms with E-state index in [1.165, 1.54) is 0 Å². The quantitative estimate of drug-likeness (QED) is 0.496. The van der Waals surface area contributed by atoms with Gasteiger partial charge in [-0.3, -0.25) is 4.68 Å². The molecule has 178 valence electrons. The van der Waals surface area contributed by atoms with Crippen LogP contribution >= 0.6 is 0 Å². The van der Waals surface area contributed by atoms with Gasteiger partial charge >= 0.3 is 13.2 Å². The highest BCUT2D eigenvalue weighted by Gasteiger charge is 2.52. The van der Waals surface area contributed by atoms with Crippen LogP contribution in [0.4, 0.5) is 4.79 Å². The average molecular weight is 463 g/mol. The maximum absolute atomic E-state index is 10.7. The summed E-state index contributed by atoms with van der Waals surface area (Å²) in [5.74, 6) is 0.689. The Morgan fingerprint density at radius 2 is 1.74 bits per heavy atom. The summed E-state index contributed by atoms with van der Waals surface area (Å²) in [5, 5.41) is 15.6. The Morgan fingerprint density at radius 1 is 1.06 bits per heavy atom. The molecule has 0 saturated carbocycles. The van der Waals surface area contributed by atoms with E-state index >= 15 is 0 Å². The van der Waals surface area contributed by atoms with E-state index in [0.29, 0.717) is 18.9 Å². The van der Waals surface area contributed by atoms with Gasteiger partial charge in [-0.1, -0.05) is 36.4 Å². The van der Waals surface area contributed by atoms with Crippen LogP contribution in [-0.2, 0) is 29.0 Å². The van der Waals surface area contributed by atoms with Gasteiger partial charge in [0.15, 0.2) is 0 Å². The molecule has 3 aromatic rings. The van der Waals surface area contributed by atoms with Gasteiger partial charge in [0.25, 0.3) is 0 Å². The molecule has 9 heteroatoms. The minimum atomic E-state index is -1.05. The Kier molecular flexibility index (Phi) is 6.68. The predicted molar refractivity (Wildman–Crippen MR) is 129 cm³/mol. The summed E-state index contributed by atoms with van der Waals surface area (Å²) in [4.78, 5) is 10.7. The molecule has 0 atom stereocenters. The fourth-order valence-electron chi connectivity index (χ4n) is 3.66. The number of benzene rings is 2. The Labute approximate surface area is 200 Å².